The second-order valence-corrected chi connectivity index (χ2v) is 6.02. The number of nitrogens with one attached hydrogen (secondary N) is 1. The Bertz CT molecular complexity index is 783. The van der Waals surface area contributed by atoms with Crippen LogP contribution in [0, 0.1) is 12.8 Å². The van der Waals surface area contributed by atoms with Gasteiger partial charge in [0.05, 0.1) is 31.3 Å². The van der Waals surface area contributed by atoms with Gasteiger partial charge >= 0.3 is 5.69 Å². The molecular formula is C17H24ClFN4O2. The summed E-state index contributed by atoms with van der Waals surface area (Å²) >= 11 is 6.05. The number of pyridine rings is 1. The van der Waals surface area contributed by atoms with Gasteiger partial charge in [-0.25, -0.2) is 9.78 Å². The first-order chi connectivity index (χ1) is 12.1. The van der Waals surface area contributed by atoms with Crippen LogP contribution in [0.4, 0.5) is 10.2 Å². The summed E-state index contributed by atoms with van der Waals surface area (Å²) in [7, 11) is 0.500. The van der Waals surface area contributed by atoms with E-state index < -0.39 is 0 Å². The monoisotopic (exact) mass is 370 g/mol. The zero-order valence-electron chi connectivity index (χ0n) is 15.0. The van der Waals surface area contributed by atoms with Gasteiger partial charge in [0.15, 0.2) is 0 Å². The van der Waals surface area contributed by atoms with E-state index >= 15 is 0 Å². The van der Waals surface area contributed by atoms with Crippen molar-refractivity contribution in [2.75, 3.05) is 31.8 Å². The van der Waals surface area contributed by atoms with Gasteiger partial charge in [0.2, 0.25) is 0 Å². The van der Waals surface area contributed by atoms with E-state index in [4.69, 9.17) is 16.3 Å². The first-order valence-corrected chi connectivity index (χ1v) is 8.80. The molecule has 2 atom stereocenters. The number of hydrogen-bond donors (Lipinski definition) is 1. The number of alkyl halides is 1. The van der Waals surface area contributed by atoms with Crippen molar-refractivity contribution in [3.8, 4) is 0 Å². The zero-order chi connectivity index (χ0) is 18.6. The highest BCUT2D eigenvalue weighted by Crippen LogP contribution is 2.41. The normalized spacial score (nSPS) is 21.3. The third kappa shape index (κ3) is 3.93. The molecule has 0 radical (unpaired) electrons. The van der Waals surface area contributed by atoms with E-state index in [1.165, 1.54) is 0 Å². The zero-order valence-corrected chi connectivity index (χ0v) is 15.7. The van der Waals surface area contributed by atoms with Crippen LogP contribution in [0.1, 0.15) is 25.8 Å². The molecule has 25 heavy (non-hydrogen) atoms. The minimum Gasteiger partial charge on any atom is -0.379 e. The van der Waals surface area contributed by atoms with Gasteiger partial charge in [-0.05, 0) is 13.3 Å². The van der Waals surface area contributed by atoms with Gasteiger partial charge in [-0.1, -0.05) is 25.4 Å². The van der Waals surface area contributed by atoms with Gasteiger partial charge in [0.25, 0.3) is 0 Å². The molecule has 1 saturated carbocycles. The van der Waals surface area contributed by atoms with Gasteiger partial charge in [-0.15, -0.1) is 0 Å². The SMILES string of the molecule is CC.CF.Cc1c(Cl)ncc2c(N3CCOCC4CC43)nc(=O)[nH]c12. The van der Waals surface area contributed by atoms with E-state index in [-0.39, 0.29) is 5.69 Å². The van der Waals surface area contributed by atoms with E-state index in [2.05, 4.69) is 19.9 Å². The van der Waals surface area contributed by atoms with E-state index in [0.717, 1.165) is 30.5 Å². The predicted octanol–water partition coefficient (Wildman–Crippen LogP) is 3.12. The Morgan fingerprint density at radius 1 is 1.40 bits per heavy atom. The molecule has 0 aromatic carbocycles. The number of fused-ring (bicyclic) bond motifs is 2. The molecule has 138 valence electrons. The summed E-state index contributed by atoms with van der Waals surface area (Å²) in [5.41, 5.74) is 1.13. The number of aromatic nitrogens is 3. The maximum atomic E-state index is 11.9. The van der Waals surface area contributed by atoms with Crippen LogP contribution in [0.5, 0.6) is 0 Å². The molecule has 0 bridgehead atoms. The fraction of sp³-hybridized carbons (Fsp3) is 0.588. The number of H-pyrrole nitrogens is 1. The molecule has 0 spiro atoms. The molecule has 1 aliphatic carbocycles. The van der Waals surface area contributed by atoms with Crippen molar-refractivity contribution in [2.24, 2.45) is 5.92 Å². The third-order valence-corrected chi connectivity index (χ3v) is 4.69. The number of aromatic amines is 1. The van der Waals surface area contributed by atoms with Crippen LogP contribution in [0.25, 0.3) is 10.9 Å². The van der Waals surface area contributed by atoms with Crippen molar-refractivity contribution in [1.29, 1.82) is 0 Å². The largest absolute Gasteiger partial charge is 0.379 e. The Balaban J connectivity index is 0.000000528. The Morgan fingerprint density at radius 2 is 2.12 bits per heavy atom. The molecule has 2 fully saturated rings. The molecule has 6 nitrogen and oxygen atoms in total. The first kappa shape index (κ1) is 19.6. The molecule has 2 aliphatic rings. The van der Waals surface area contributed by atoms with E-state index in [9.17, 15) is 9.18 Å². The highest BCUT2D eigenvalue weighted by Gasteiger charge is 2.44. The molecule has 2 aromatic heterocycles. The van der Waals surface area contributed by atoms with E-state index in [0.29, 0.717) is 42.2 Å². The molecule has 3 heterocycles. The lowest BCUT2D eigenvalue weighted by atomic mass is 10.2. The van der Waals surface area contributed by atoms with Crippen molar-refractivity contribution < 1.29 is 9.13 Å². The first-order valence-electron chi connectivity index (χ1n) is 8.42. The topological polar surface area (TPSA) is 71.1 Å². The predicted molar refractivity (Wildman–Crippen MR) is 98.3 cm³/mol. The van der Waals surface area contributed by atoms with Crippen molar-refractivity contribution in [2.45, 2.75) is 33.2 Å². The van der Waals surface area contributed by atoms with Crippen LogP contribution in [0.3, 0.4) is 0 Å². The Kier molecular flexibility index (Phi) is 6.72. The maximum Gasteiger partial charge on any atom is 0.347 e. The van der Waals surface area contributed by atoms with Crippen LogP contribution in [-0.2, 0) is 4.74 Å². The van der Waals surface area contributed by atoms with Crippen LogP contribution < -0.4 is 10.6 Å². The lowest BCUT2D eigenvalue weighted by Crippen LogP contribution is -2.32. The van der Waals surface area contributed by atoms with Crippen molar-refractivity contribution in [3.63, 3.8) is 0 Å². The number of ether oxygens (including phenoxy) is 1. The summed E-state index contributed by atoms with van der Waals surface area (Å²) < 4.78 is 15.1. The van der Waals surface area contributed by atoms with Gasteiger partial charge < -0.3 is 14.6 Å². The lowest BCUT2D eigenvalue weighted by Gasteiger charge is -2.23. The van der Waals surface area contributed by atoms with Crippen molar-refractivity contribution in [1.82, 2.24) is 15.0 Å². The lowest BCUT2D eigenvalue weighted by molar-refractivity contribution is 0.139. The Labute approximate surface area is 151 Å². The fourth-order valence-corrected chi connectivity index (χ4v) is 3.19. The summed E-state index contributed by atoms with van der Waals surface area (Å²) in [5, 5.41) is 1.24. The smallest absolute Gasteiger partial charge is 0.347 e. The molecule has 0 amide bonds. The number of nitrogens with zero attached hydrogens (tertiary/aromatic N) is 3. The summed E-state index contributed by atoms with van der Waals surface area (Å²) in [6, 6.07) is 0.418. The van der Waals surface area contributed by atoms with Gasteiger partial charge in [-0.3, -0.25) is 4.39 Å². The average Bonchev–Trinajstić information content (AvgIpc) is 3.41. The molecule has 2 aromatic rings. The minimum absolute atomic E-state index is 0.356. The molecule has 8 heteroatoms. The van der Waals surface area contributed by atoms with Crippen LogP contribution in [0.15, 0.2) is 11.0 Å². The van der Waals surface area contributed by atoms with Crippen LogP contribution in [0.2, 0.25) is 5.15 Å². The van der Waals surface area contributed by atoms with Crippen LogP contribution in [-0.4, -0.2) is 47.9 Å². The molecule has 1 saturated heterocycles. The summed E-state index contributed by atoms with van der Waals surface area (Å²) in [6.07, 6.45) is 2.78. The summed E-state index contributed by atoms with van der Waals surface area (Å²) in [6.45, 7) is 8.05. The summed E-state index contributed by atoms with van der Waals surface area (Å²) in [5.74, 6) is 1.24. The standard InChI is InChI=1S/C14H15ClN4O2.C2H6.CH3F/c1-7-11-9(5-16-12(7)15)13(18-14(20)17-11)19-2-3-21-6-8-4-10(8)19;2*1-2/h5,8,10H,2-4,6H2,1H3,(H,17,18,20);1-2H3;1H3. The highest BCUT2D eigenvalue weighted by molar-refractivity contribution is 6.31. The number of hydrogen-bond acceptors (Lipinski definition) is 5. The average molecular weight is 371 g/mol. The number of anilines is 1. The quantitative estimate of drug-likeness (QED) is 0.781. The molecule has 4 rings (SSSR count). The van der Waals surface area contributed by atoms with Crippen LogP contribution >= 0.6 is 11.6 Å². The second-order valence-electron chi connectivity index (χ2n) is 5.66. The Morgan fingerprint density at radius 3 is 2.84 bits per heavy atom. The van der Waals surface area contributed by atoms with Crippen molar-refractivity contribution >= 4 is 28.3 Å². The summed E-state index contributed by atoms with van der Waals surface area (Å²) in [4.78, 5) is 25.3. The van der Waals surface area contributed by atoms with Crippen molar-refractivity contribution in [3.05, 3.63) is 27.4 Å². The molecule has 1 N–H and O–H groups in total. The minimum atomic E-state index is -0.356. The molecule has 2 unspecified atom stereocenters. The molecular weight excluding hydrogens is 347 g/mol. The number of aryl methyl sites for hydroxylation is 1. The number of halogens is 2. The second kappa shape index (κ2) is 8.58. The number of rotatable bonds is 1. The molecule has 1 aliphatic heterocycles. The van der Waals surface area contributed by atoms with E-state index in [1.807, 2.05) is 20.8 Å². The third-order valence-electron chi connectivity index (χ3n) is 4.31. The van der Waals surface area contributed by atoms with Gasteiger partial charge in [0, 0.05) is 30.3 Å². The van der Waals surface area contributed by atoms with E-state index in [1.54, 1.807) is 6.20 Å². The highest BCUT2D eigenvalue weighted by atomic mass is 35.5. The maximum absolute atomic E-state index is 11.9. The Hall–Kier alpha value is -1.73. The fourth-order valence-electron chi connectivity index (χ4n) is 3.05. The van der Waals surface area contributed by atoms with Gasteiger partial charge in [0.1, 0.15) is 11.0 Å². The van der Waals surface area contributed by atoms with Gasteiger partial charge in [-0.2, -0.15) is 4.98 Å².